The first-order chi connectivity index (χ1) is 13.0. The van der Waals surface area contributed by atoms with E-state index < -0.39 is 26.5 Å². The lowest BCUT2D eigenvalue weighted by Gasteiger charge is -2.27. The van der Waals surface area contributed by atoms with Crippen LogP contribution in [0.4, 0.5) is 0 Å². The molecule has 1 aliphatic carbocycles. The fourth-order valence-corrected chi connectivity index (χ4v) is 4.78. The van der Waals surface area contributed by atoms with Crippen molar-refractivity contribution in [1.29, 1.82) is 0 Å². The zero-order valence-electron chi connectivity index (χ0n) is 14.5. The number of fused-ring (bicyclic) bond motifs is 1. The first-order valence-corrected chi connectivity index (χ1v) is 10.2. The van der Waals surface area contributed by atoms with Crippen molar-refractivity contribution in [2.75, 3.05) is 13.1 Å². The summed E-state index contributed by atoms with van der Waals surface area (Å²) < 4.78 is 33.5. The smallest absolute Gasteiger partial charge is 0.247 e. The Kier molecular flexibility index (Phi) is 4.45. The normalized spacial score (nSPS) is 17.6. The first-order valence-electron chi connectivity index (χ1n) is 8.69. The molecule has 1 aromatic heterocycles. The highest BCUT2D eigenvalue weighted by Crippen LogP contribution is 2.32. The van der Waals surface area contributed by atoms with Gasteiger partial charge in [-0.2, -0.15) is 0 Å². The molecule has 4 rings (SSSR count). The molecule has 1 aromatic carbocycles. The van der Waals surface area contributed by atoms with E-state index in [9.17, 15) is 18.0 Å². The lowest BCUT2D eigenvalue weighted by Crippen LogP contribution is -2.38. The minimum atomic E-state index is -4.21. The molecule has 0 saturated carbocycles. The molecular weight excluding hydrogens is 368 g/mol. The van der Waals surface area contributed by atoms with Gasteiger partial charge in [0.15, 0.2) is 4.91 Å². The lowest BCUT2D eigenvalue weighted by molar-refractivity contribution is 0.0952. The van der Waals surface area contributed by atoms with E-state index in [1.807, 2.05) is 0 Å². The highest BCUT2D eigenvalue weighted by atomic mass is 32.2. The van der Waals surface area contributed by atoms with E-state index in [4.69, 9.17) is 4.42 Å². The third-order valence-corrected chi connectivity index (χ3v) is 6.20. The van der Waals surface area contributed by atoms with Crippen molar-refractivity contribution >= 4 is 21.6 Å². The van der Waals surface area contributed by atoms with Crippen molar-refractivity contribution in [2.45, 2.75) is 19.4 Å². The predicted octanol–water partition coefficient (Wildman–Crippen LogP) is 2.09. The van der Waals surface area contributed by atoms with Crippen molar-refractivity contribution in [2.24, 2.45) is 0 Å². The zero-order valence-corrected chi connectivity index (χ0v) is 15.3. The summed E-state index contributed by atoms with van der Waals surface area (Å²) in [6, 6.07) is 9.60. The Bertz CT molecular complexity index is 1030. The third kappa shape index (κ3) is 3.11. The topological polar surface area (TPSA) is 96.7 Å². The summed E-state index contributed by atoms with van der Waals surface area (Å²) >= 11 is 0. The number of rotatable bonds is 5. The lowest BCUT2D eigenvalue weighted by atomic mass is 9.92. The Morgan fingerprint density at radius 3 is 2.26 bits per heavy atom. The molecule has 0 unspecified atom stereocenters. The van der Waals surface area contributed by atoms with Gasteiger partial charge in [-0.05, 0) is 25.0 Å². The average molecular weight is 386 g/mol. The molecule has 8 heteroatoms. The van der Waals surface area contributed by atoms with Crippen molar-refractivity contribution in [1.82, 2.24) is 9.62 Å². The number of ketones is 2. The van der Waals surface area contributed by atoms with Gasteiger partial charge in [-0.25, -0.2) is 13.1 Å². The fraction of sp³-hybridized carbons (Fsp3) is 0.263. The van der Waals surface area contributed by atoms with Crippen molar-refractivity contribution in [3.05, 3.63) is 70.2 Å². The van der Waals surface area contributed by atoms with Crippen LogP contribution in [0.15, 0.2) is 57.7 Å². The molecule has 1 N–H and O–H groups in total. The molecule has 7 nitrogen and oxygen atoms in total. The van der Waals surface area contributed by atoms with Gasteiger partial charge in [0.05, 0.1) is 12.8 Å². The van der Waals surface area contributed by atoms with E-state index in [1.165, 1.54) is 12.3 Å². The Balaban J connectivity index is 1.81. The van der Waals surface area contributed by atoms with Gasteiger partial charge in [-0.1, -0.05) is 24.3 Å². The minimum Gasteiger partial charge on any atom is -0.468 e. The van der Waals surface area contributed by atoms with Crippen LogP contribution >= 0.6 is 0 Å². The average Bonchev–Trinajstić information content (AvgIpc) is 3.36. The maximum absolute atomic E-state index is 13.1. The van der Waals surface area contributed by atoms with Crippen LogP contribution in [0, 0.1) is 0 Å². The maximum Gasteiger partial charge on any atom is 0.247 e. The van der Waals surface area contributed by atoms with E-state index in [0.717, 1.165) is 12.8 Å². The number of nitrogens with one attached hydrogen (secondary N) is 1. The van der Waals surface area contributed by atoms with Gasteiger partial charge < -0.3 is 9.32 Å². The number of benzene rings is 1. The largest absolute Gasteiger partial charge is 0.468 e. The summed E-state index contributed by atoms with van der Waals surface area (Å²) in [7, 11) is -4.21. The molecule has 2 aromatic rings. The number of nitrogens with zero attached hydrogens (tertiary/aromatic N) is 1. The quantitative estimate of drug-likeness (QED) is 0.845. The fourth-order valence-electron chi connectivity index (χ4n) is 3.47. The summed E-state index contributed by atoms with van der Waals surface area (Å²) in [5, 5.41) is 0. The van der Waals surface area contributed by atoms with Gasteiger partial charge in [-0.15, -0.1) is 0 Å². The van der Waals surface area contributed by atoms with E-state index in [2.05, 4.69) is 4.72 Å². The summed E-state index contributed by atoms with van der Waals surface area (Å²) in [6.45, 7) is 0.997. The van der Waals surface area contributed by atoms with Crippen LogP contribution in [0.1, 0.15) is 39.3 Å². The number of hydrogen-bond acceptors (Lipinski definition) is 6. The summed E-state index contributed by atoms with van der Waals surface area (Å²) in [6.07, 6.45) is 3.13. The molecule has 0 spiro atoms. The molecule has 0 bridgehead atoms. The number of likely N-dealkylation sites (tertiary alicyclic amines) is 1. The standard InChI is InChI=1S/C19H18N2O5S/c22-17-14-7-1-2-8-15(14)18(23)19(16(17)21-9-3-4-10-21)27(24,25)20-12-13-6-5-11-26-13/h1-2,5-8,11,20H,3-4,9-10,12H2. The number of allylic oxidation sites excluding steroid dienone is 2. The number of carbonyl (C=O) groups excluding carboxylic acids is 2. The SMILES string of the molecule is O=C1C(N2CCCC2)=C(S(=O)(=O)NCc2ccco2)C(=O)c2ccccc21. The summed E-state index contributed by atoms with van der Waals surface area (Å²) in [5.41, 5.74) is 0.335. The Labute approximate surface area is 156 Å². The van der Waals surface area contributed by atoms with E-state index in [1.54, 1.807) is 35.2 Å². The molecule has 2 aliphatic rings. The molecule has 0 atom stereocenters. The van der Waals surface area contributed by atoms with Crippen LogP contribution < -0.4 is 4.72 Å². The number of hydrogen-bond donors (Lipinski definition) is 1. The van der Waals surface area contributed by atoms with Crippen molar-refractivity contribution < 1.29 is 22.4 Å². The second-order valence-corrected chi connectivity index (χ2v) is 8.18. The van der Waals surface area contributed by atoms with Gasteiger partial charge in [0.1, 0.15) is 11.5 Å². The second-order valence-electron chi connectivity index (χ2n) is 6.48. The number of furan rings is 1. The van der Waals surface area contributed by atoms with Crippen LogP contribution in [-0.4, -0.2) is 38.0 Å². The molecule has 1 saturated heterocycles. The molecule has 0 radical (unpaired) electrons. The molecule has 140 valence electrons. The van der Waals surface area contributed by atoms with Crippen LogP contribution in [-0.2, 0) is 16.6 Å². The minimum absolute atomic E-state index is 0.0249. The van der Waals surface area contributed by atoms with Crippen molar-refractivity contribution in [3.63, 3.8) is 0 Å². The van der Waals surface area contributed by atoms with Crippen LogP contribution in [0.25, 0.3) is 0 Å². The summed E-state index contributed by atoms with van der Waals surface area (Å²) in [5.74, 6) is -0.665. The van der Waals surface area contributed by atoms with Crippen LogP contribution in [0.3, 0.4) is 0 Å². The number of Topliss-reactive ketones (excluding diaryl/α,β-unsaturated/α-hetero) is 2. The monoisotopic (exact) mass is 386 g/mol. The van der Waals surface area contributed by atoms with E-state index in [0.29, 0.717) is 18.8 Å². The van der Waals surface area contributed by atoms with Gasteiger partial charge in [-0.3, -0.25) is 9.59 Å². The third-order valence-electron chi connectivity index (χ3n) is 4.76. The number of sulfonamides is 1. The summed E-state index contributed by atoms with van der Waals surface area (Å²) in [4.78, 5) is 27.4. The molecule has 1 fully saturated rings. The molecule has 2 heterocycles. The predicted molar refractivity (Wildman–Crippen MR) is 97.4 cm³/mol. The Morgan fingerprint density at radius 1 is 0.963 bits per heavy atom. The molecular formula is C19H18N2O5S. The van der Waals surface area contributed by atoms with Gasteiger partial charge in [0.2, 0.25) is 21.6 Å². The molecule has 27 heavy (non-hydrogen) atoms. The first kappa shape index (κ1) is 17.7. The van der Waals surface area contributed by atoms with Crippen LogP contribution in [0.2, 0.25) is 0 Å². The van der Waals surface area contributed by atoms with Gasteiger partial charge >= 0.3 is 0 Å². The molecule has 0 amide bonds. The van der Waals surface area contributed by atoms with E-state index in [-0.39, 0.29) is 23.4 Å². The van der Waals surface area contributed by atoms with Gasteiger partial charge in [0.25, 0.3) is 0 Å². The van der Waals surface area contributed by atoms with Crippen LogP contribution in [0.5, 0.6) is 0 Å². The van der Waals surface area contributed by atoms with Crippen molar-refractivity contribution in [3.8, 4) is 0 Å². The second kappa shape index (κ2) is 6.79. The highest BCUT2D eigenvalue weighted by Gasteiger charge is 2.41. The van der Waals surface area contributed by atoms with Gasteiger partial charge in [0, 0.05) is 24.2 Å². The Morgan fingerprint density at radius 2 is 1.63 bits per heavy atom. The molecule has 1 aliphatic heterocycles. The van der Waals surface area contributed by atoms with E-state index >= 15 is 0 Å². The zero-order chi connectivity index (χ0) is 19.0. The highest BCUT2D eigenvalue weighted by molar-refractivity contribution is 7.94. The maximum atomic E-state index is 13.1. The Hall–Kier alpha value is -2.71. The number of carbonyl (C=O) groups is 2.